The lowest BCUT2D eigenvalue weighted by Crippen LogP contribution is -2.21. The van der Waals surface area contributed by atoms with Gasteiger partial charge in [-0.25, -0.2) is 0 Å². The summed E-state index contributed by atoms with van der Waals surface area (Å²) >= 11 is 0. The number of hydrogen-bond donors (Lipinski definition) is 1. The zero-order chi connectivity index (χ0) is 10.5. The minimum Gasteiger partial charge on any atom is -0.313 e. The Bertz CT molecular complexity index is 302. The first-order valence-corrected chi connectivity index (χ1v) is 6.11. The topological polar surface area (TPSA) is 12.0 Å². The summed E-state index contributed by atoms with van der Waals surface area (Å²) in [6.45, 7) is 4.39. The zero-order valence-corrected chi connectivity index (χ0v) is 9.63. The van der Waals surface area contributed by atoms with Crippen LogP contribution < -0.4 is 5.32 Å². The van der Waals surface area contributed by atoms with E-state index < -0.39 is 0 Å². The summed E-state index contributed by atoms with van der Waals surface area (Å²) in [4.78, 5) is 0. The Morgan fingerprint density at radius 3 is 2.73 bits per heavy atom. The largest absolute Gasteiger partial charge is 0.313 e. The summed E-state index contributed by atoms with van der Waals surface area (Å²) in [7, 11) is 0. The number of rotatable bonds is 5. The zero-order valence-electron chi connectivity index (χ0n) is 9.63. The lowest BCUT2D eigenvalue weighted by Gasteiger charge is -2.25. The van der Waals surface area contributed by atoms with Crippen molar-refractivity contribution in [1.82, 2.24) is 5.32 Å². The molecule has 1 aliphatic carbocycles. The molecule has 0 amide bonds. The van der Waals surface area contributed by atoms with E-state index >= 15 is 0 Å². The molecule has 0 aromatic heterocycles. The third-order valence-corrected chi connectivity index (χ3v) is 3.53. The molecule has 0 saturated heterocycles. The molecule has 1 aliphatic rings. The van der Waals surface area contributed by atoms with E-state index in [0.29, 0.717) is 0 Å². The van der Waals surface area contributed by atoms with Crippen molar-refractivity contribution in [3.8, 4) is 0 Å². The molecule has 1 fully saturated rings. The highest BCUT2D eigenvalue weighted by Gasteiger charge is 2.16. The van der Waals surface area contributed by atoms with Crippen molar-refractivity contribution in [2.45, 2.75) is 39.2 Å². The number of benzene rings is 1. The van der Waals surface area contributed by atoms with Crippen molar-refractivity contribution < 1.29 is 0 Å². The Morgan fingerprint density at radius 2 is 2.07 bits per heavy atom. The summed E-state index contributed by atoms with van der Waals surface area (Å²) in [5.74, 6) is 1.02. The van der Waals surface area contributed by atoms with Crippen molar-refractivity contribution in [3.05, 3.63) is 35.4 Å². The summed E-state index contributed by atoms with van der Waals surface area (Å²) in [6.07, 6.45) is 5.76. The van der Waals surface area contributed by atoms with Gasteiger partial charge in [0, 0.05) is 6.54 Å². The van der Waals surface area contributed by atoms with Crippen molar-refractivity contribution >= 4 is 0 Å². The molecule has 0 bridgehead atoms. The molecule has 0 aliphatic heterocycles. The van der Waals surface area contributed by atoms with Crippen LogP contribution in [-0.4, -0.2) is 6.54 Å². The number of hydrogen-bond acceptors (Lipinski definition) is 1. The molecule has 0 radical (unpaired) electrons. The third-order valence-electron chi connectivity index (χ3n) is 3.53. The van der Waals surface area contributed by atoms with E-state index in [2.05, 4.69) is 36.5 Å². The van der Waals surface area contributed by atoms with Crippen molar-refractivity contribution in [2.24, 2.45) is 5.92 Å². The monoisotopic (exact) mass is 203 g/mol. The van der Waals surface area contributed by atoms with Crippen LogP contribution in [0.15, 0.2) is 24.3 Å². The minimum atomic E-state index is 1.02. The van der Waals surface area contributed by atoms with Gasteiger partial charge in [0.15, 0.2) is 0 Å². The molecular weight excluding hydrogens is 182 g/mol. The maximum atomic E-state index is 3.54. The van der Waals surface area contributed by atoms with Crippen LogP contribution in [0.3, 0.4) is 0 Å². The van der Waals surface area contributed by atoms with Gasteiger partial charge in [0.2, 0.25) is 0 Å². The molecule has 15 heavy (non-hydrogen) atoms. The molecule has 0 unspecified atom stereocenters. The Labute approximate surface area is 92.9 Å². The van der Waals surface area contributed by atoms with Gasteiger partial charge >= 0.3 is 0 Å². The Balaban J connectivity index is 1.66. The van der Waals surface area contributed by atoms with Crippen LogP contribution in [0.5, 0.6) is 0 Å². The molecule has 1 aromatic carbocycles. The van der Waals surface area contributed by atoms with Gasteiger partial charge < -0.3 is 5.32 Å². The van der Waals surface area contributed by atoms with Crippen LogP contribution in [0.4, 0.5) is 0 Å². The molecule has 82 valence electrons. The van der Waals surface area contributed by atoms with Crippen LogP contribution in [0.25, 0.3) is 0 Å². The molecule has 1 heteroatoms. The van der Waals surface area contributed by atoms with Gasteiger partial charge in [0.25, 0.3) is 0 Å². The van der Waals surface area contributed by atoms with Gasteiger partial charge in [-0.3, -0.25) is 0 Å². The fourth-order valence-electron chi connectivity index (χ4n) is 2.12. The van der Waals surface area contributed by atoms with Crippen LogP contribution in [0, 0.1) is 12.8 Å². The maximum Gasteiger partial charge on any atom is 0.0208 e. The predicted molar refractivity (Wildman–Crippen MR) is 64.8 cm³/mol. The van der Waals surface area contributed by atoms with Gasteiger partial charge in [0.05, 0.1) is 0 Å². The molecule has 1 nitrogen and oxygen atoms in total. The standard InChI is InChI=1S/C14H21N/c1-12-5-2-3-8-14(12)11-15-10-9-13-6-4-7-13/h2-3,5,8,13,15H,4,6-7,9-11H2,1H3. The second kappa shape index (κ2) is 5.32. The van der Waals surface area contributed by atoms with E-state index in [0.717, 1.165) is 12.5 Å². The molecule has 0 spiro atoms. The average molecular weight is 203 g/mol. The van der Waals surface area contributed by atoms with Crippen LogP contribution in [0.1, 0.15) is 36.8 Å². The van der Waals surface area contributed by atoms with Crippen molar-refractivity contribution in [1.29, 1.82) is 0 Å². The fraction of sp³-hybridized carbons (Fsp3) is 0.571. The Morgan fingerprint density at radius 1 is 1.27 bits per heavy atom. The van der Waals surface area contributed by atoms with E-state index in [1.807, 2.05) is 0 Å². The van der Waals surface area contributed by atoms with Gasteiger partial charge in [-0.15, -0.1) is 0 Å². The molecule has 0 atom stereocenters. The van der Waals surface area contributed by atoms with E-state index in [9.17, 15) is 0 Å². The van der Waals surface area contributed by atoms with E-state index in [-0.39, 0.29) is 0 Å². The fourth-order valence-corrected chi connectivity index (χ4v) is 2.12. The summed E-state index contributed by atoms with van der Waals surface area (Å²) in [6, 6.07) is 8.62. The third kappa shape index (κ3) is 3.07. The van der Waals surface area contributed by atoms with E-state index in [4.69, 9.17) is 0 Å². The average Bonchev–Trinajstić information content (AvgIpc) is 2.17. The van der Waals surface area contributed by atoms with Crippen LogP contribution in [-0.2, 0) is 6.54 Å². The van der Waals surface area contributed by atoms with Crippen molar-refractivity contribution in [3.63, 3.8) is 0 Å². The Hall–Kier alpha value is -0.820. The van der Waals surface area contributed by atoms with Gasteiger partial charge in [-0.05, 0) is 36.9 Å². The first kappa shape index (κ1) is 10.7. The highest BCUT2D eigenvalue weighted by atomic mass is 14.8. The smallest absolute Gasteiger partial charge is 0.0208 e. The van der Waals surface area contributed by atoms with E-state index in [1.165, 1.54) is 43.4 Å². The Kier molecular flexibility index (Phi) is 3.79. The second-order valence-corrected chi connectivity index (χ2v) is 4.69. The van der Waals surface area contributed by atoms with E-state index in [1.54, 1.807) is 0 Å². The minimum absolute atomic E-state index is 1.02. The number of aryl methyl sites for hydroxylation is 1. The highest BCUT2D eigenvalue weighted by Crippen LogP contribution is 2.28. The highest BCUT2D eigenvalue weighted by molar-refractivity contribution is 5.25. The predicted octanol–water partition coefficient (Wildman–Crippen LogP) is 3.27. The van der Waals surface area contributed by atoms with Crippen LogP contribution in [0.2, 0.25) is 0 Å². The first-order chi connectivity index (χ1) is 7.36. The first-order valence-electron chi connectivity index (χ1n) is 6.11. The molecule has 1 aromatic rings. The number of nitrogens with one attached hydrogen (secondary N) is 1. The van der Waals surface area contributed by atoms with Gasteiger partial charge in [0.1, 0.15) is 0 Å². The molecule has 0 heterocycles. The normalized spacial score (nSPS) is 16.3. The SMILES string of the molecule is Cc1ccccc1CNCCC1CCC1. The molecular formula is C14H21N. The van der Waals surface area contributed by atoms with Gasteiger partial charge in [-0.1, -0.05) is 43.5 Å². The maximum absolute atomic E-state index is 3.54. The lowest BCUT2D eigenvalue weighted by atomic mass is 9.83. The van der Waals surface area contributed by atoms with Crippen LogP contribution >= 0.6 is 0 Å². The molecule has 1 saturated carbocycles. The quantitative estimate of drug-likeness (QED) is 0.724. The van der Waals surface area contributed by atoms with Crippen molar-refractivity contribution in [2.75, 3.05) is 6.54 Å². The summed E-state index contributed by atoms with van der Waals surface area (Å²) in [5.41, 5.74) is 2.83. The lowest BCUT2D eigenvalue weighted by molar-refractivity contribution is 0.292. The van der Waals surface area contributed by atoms with Gasteiger partial charge in [-0.2, -0.15) is 0 Å². The molecule has 1 N–H and O–H groups in total. The summed E-state index contributed by atoms with van der Waals surface area (Å²) < 4.78 is 0. The second-order valence-electron chi connectivity index (χ2n) is 4.69. The summed E-state index contributed by atoms with van der Waals surface area (Å²) in [5, 5.41) is 3.54. The molecule has 2 rings (SSSR count).